The molecule has 190 valence electrons. The van der Waals surface area contributed by atoms with Gasteiger partial charge in [0.2, 0.25) is 0 Å². The van der Waals surface area contributed by atoms with Crippen molar-refractivity contribution in [1.82, 2.24) is 20.2 Å². The van der Waals surface area contributed by atoms with E-state index >= 15 is 0 Å². The van der Waals surface area contributed by atoms with E-state index in [2.05, 4.69) is 20.7 Å². The zero-order valence-corrected chi connectivity index (χ0v) is 22.6. The van der Waals surface area contributed by atoms with Crippen molar-refractivity contribution in [2.24, 2.45) is 5.10 Å². The summed E-state index contributed by atoms with van der Waals surface area (Å²) in [6.45, 7) is 1.77. The molecule has 3 aromatic carbocycles. The van der Waals surface area contributed by atoms with Gasteiger partial charge in [-0.15, -0.1) is 10.2 Å². The number of hydrazone groups is 1. The molecule has 4 aromatic rings. The van der Waals surface area contributed by atoms with Gasteiger partial charge in [0.25, 0.3) is 5.91 Å². The molecule has 0 unspecified atom stereocenters. The van der Waals surface area contributed by atoms with Crippen LogP contribution in [-0.4, -0.2) is 46.4 Å². The van der Waals surface area contributed by atoms with Crippen LogP contribution < -0.4 is 14.9 Å². The maximum atomic E-state index is 12.6. The zero-order chi connectivity index (χ0) is 26.4. The average molecular weight is 556 g/mol. The average Bonchev–Trinajstić information content (AvgIpc) is 3.36. The minimum Gasteiger partial charge on any atom is -0.493 e. The number of hydrogen-bond acceptors (Lipinski definition) is 7. The van der Waals surface area contributed by atoms with E-state index in [1.165, 1.54) is 11.8 Å². The number of hydrogen-bond donors (Lipinski definition) is 1. The molecule has 1 aromatic heterocycles. The molecule has 37 heavy (non-hydrogen) atoms. The first-order valence-corrected chi connectivity index (χ1v) is 12.8. The molecule has 0 bridgehead atoms. The van der Waals surface area contributed by atoms with E-state index in [-0.39, 0.29) is 11.7 Å². The first-order valence-electron chi connectivity index (χ1n) is 11.1. The van der Waals surface area contributed by atoms with Gasteiger partial charge in [0.1, 0.15) is 0 Å². The summed E-state index contributed by atoms with van der Waals surface area (Å²) < 4.78 is 12.7. The number of aromatic nitrogens is 3. The van der Waals surface area contributed by atoms with E-state index in [1.807, 2.05) is 53.1 Å². The fourth-order valence-electron chi connectivity index (χ4n) is 3.43. The first-order chi connectivity index (χ1) is 17.9. The van der Waals surface area contributed by atoms with Gasteiger partial charge in [0, 0.05) is 11.3 Å². The number of nitrogens with one attached hydrogen (secondary N) is 1. The monoisotopic (exact) mass is 555 g/mol. The Kier molecular flexibility index (Phi) is 8.70. The maximum absolute atomic E-state index is 12.6. The summed E-state index contributed by atoms with van der Waals surface area (Å²) in [5.41, 5.74) is 5.57. The van der Waals surface area contributed by atoms with Crippen LogP contribution in [0.4, 0.5) is 0 Å². The fourth-order valence-corrected chi connectivity index (χ4v) is 4.47. The minimum atomic E-state index is -0.292. The number of ether oxygens (including phenoxy) is 2. The molecule has 11 heteroatoms. The third kappa shape index (κ3) is 6.25. The van der Waals surface area contributed by atoms with Gasteiger partial charge in [-0.05, 0) is 55.0 Å². The van der Waals surface area contributed by atoms with E-state index in [0.717, 1.165) is 16.8 Å². The van der Waals surface area contributed by atoms with E-state index in [9.17, 15) is 4.79 Å². The lowest BCUT2D eigenvalue weighted by Crippen LogP contribution is -2.21. The summed E-state index contributed by atoms with van der Waals surface area (Å²) in [6.07, 6.45) is 0. The number of thioether (sulfide) groups is 1. The second-order valence-electron chi connectivity index (χ2n) is 7.70. The number of para-hydroxylation sites is 1. The van der Waals surface area contributed by atoms with Gasteiger partial charge in [-0.25, -0.2) is 5.43 Å². The Morgan fingerprint density at radius 2 is 1.73 bits per heavy atom. The van der Waals surface area contributed by atoms with Gasteiger partial charge in [-0.2, -0.15) is 5.10 Å². The van der Waals surface area contributed by atoms with Crippen LogP contribution in [0.5, 0.6) is 11.5 Å². The molecule has 1 amide bonds. The predicted molar refractivity (Wildman–Crippen MR) is 147 cm³/mol. The highest BCUT2D eigenvalue weighted by Gasteiger charge is 2.19. The molecule has 0 atom stereocenters. The molecule has 0 fully saturated rings. The molecule has 0 saturated carbocycles. The first kappa shape index (κ1) is 26.5. The van der Waals surface area contributed by atoms with Gasteiger partial charge in [0.15, 0.2) is 22.5 Å². The molecule has 0 aliphatic rings. The normalized spacial score (nSPS) is 11.3. The topological polar surface area (TPSA) is 90.6 Å². The van der Waals surface area contributed by atoms with Crippen LogP contribution in [0.1, 0.15) is 12.5 Å². The molecule has 1 heterocycles. The lowest BCUT2D eigenvalue weighted by atomic mass is 10.1. The number of carbonyl (C=O) groups is 1. The summed E-state index contributed by atoms with van der Waals surface area (Å²) in [5, 5.41) is 14.4. The third-order valence-corrected chi connectivity index (χ3v) is 6.98. The van der Waals surface area contributed by atoms with Crippen molar-refractivity contribution in [3.05, 3.63) is 82.3 Å². The molecule has 0 radical (unpaired) electrons. The highest BCUT2D eigenvalue weighted by Crippen LogP contribution is 2.34. The summed E-state index contributed by atoms with van der Waals surface area (Å²) in [4.78, 5) is 12.6. The summed E-state index contributed by atoms with van der Waals surface area (Å²) in [7, 11) is 3.16. The Labute approximate surface area is 228 Å². The lowest BCUT2D eigenvalue weighted by Gasteiger charge is -2.12. The number of rotatable bonds is 9. The van der Waals surface area contributed by atoms with Crippen LogP contribution in [0.15, 0.2) is 77.0 Å². The Balaban J connectivity index is 1.55. The Morgan fingerprint density at radius 1 is 0.973 bits per heavy atom. The molecule has 0 spiro atoms. The van der Waals surface area contributed by atoms with Gasteiger partial charge in [0.05, 0.1) is 35.7 Å². The predicted octanol–water partition coefficient (Wildman–Crippen LogP) is 5.89. The lowest BCUT2D eigenvalue weighted by molar-refractivity contribution is -0.118. The molecule has 4 rings (SSSR count). The van der Waals surface area contributed by atoms with Crippen LogP contribution in [0.3, 0.4) is 0 Å². The Hall–Kier alpha value is -3.53. The van der Waals surface area contributed by atoms with Crippen molar-refractivity contribution in [2.45, 2.75) is 12.1 Å². The SMILES string of the molecule is COc1ccc(-c2nnc(SCC(=O)N/N=C(/C)c3ccc(Cl)c(Cl)c3)n2-c2ccccc2)cc1OC. The number of methoxy groups -OCH3 is 2. The number of nitrogens with zero attached hydrogens (tertiary/aromatic N) is 4. The summed E-state index contributed by atoms with van der Waals surface area (Å²) in [6, 6.07) is 20.4. The van der Waals surface area contributed by atoms with Gasteiger partial charge in [-0.3, -0.25) is 9.36 Å². The standard InChI is InChI=1S/C26H23Cl2N5O3S/c1-16(17-9-11-20(27)21(28)13-17)29-30-24(34)15-37-26-32-31-25(33(26)19-7-5-4-6-8-19)18-10-12-22(35-2)23(14-18)36-3/h4-14H,15H2,1-3H3,(H,30,34)/b29-16-. The molecule has 8 nitrogen and oxygen atoms in total. The van der Waals surface area contributed by atoms with Gasteiger partial charge < -0.3 is 9.47 Å². The molecule has 1 N–H and O–H groups in total. The van der Waals surface area contributed by atoms with E-state index < -0.39 is 0 Å². The van der Waals surface area contributed by atoms with Crippen LogP contribution in [-0.2, 0) is 4.79 Å². The van der Waals surface area contributed by atoms with Crippen molar-refractivity contribution in [2.75, 3.05) is 20.0 Å². The molecule has 0 aliphatic carbocycles. The van der Waals surface area contributed by atoms with Crippen LogP contribution >= 0.6 is 35.0 Å². The maximum Gasteiger partial charge on any atom is 0.250 e. The van der Waals surface area contributed by atoms with Crippen molar-refractivity contribution >= 4 is 46.6 Å². The molecular weight excluding hydrogens is 533 g/mol. The van der Waals surface area contributed by atoms with E-state index in [0.29, 0.717) is 38.2 Å². The van der Waals surface area contributed by atoms with Gasteiger partial charge >= 0.3 is 0 Å². The number of amides is 1. The minimum absolute atomic E-state index is 0.0784. The summed E-state index contributed by atoms with van der Waals surface area (Å²) >= 11 is 13.3. The highest BCUT2D eigenvalue weighted by molar-refractivity contribution is 7.99. The smallest absolute Gasteiger partial charge is 0.250 e. The van der Waals surface area contributed by atoms with Crippen LogP contribution in [0.25, 0.3) is 17.1 Å². The number of halogens is 2. The van der Waals surface area contributed by atoms with Crippen LogP contribution in [0, 0.1) is 0 Å². The van der Waals surface area contributed by atoms with Crippen molar-refractivity contribution in [3.63, 3.8) is 0 Å². The molecule has 0 aliphatic heterocycles. The third-order valence-electron chi connectivity index (χ3n) is 5.31. The second kappa shape index (κ2) is 12.1. The molecule has 0 saturated heterocycles. The Bertz CT molecular complexity index is 1440. The largest absolute Gasteiger partial charge is 0.493 e. The van der Waals surface area contributed by atoms with Crippen LogP contribution in [0.2, 0.25) is 10.0 Å². The quantitative estimate of drug-likeness (QED) is 0.157. The van der Waals surface area contributed by atoms with Crippen molar-refractivity contribution in [1.29, 1.82) is 0 Å². The van der Waals surface area contributed by atoms with Gasteiger partial charge in [-0.1, -0.05) is 59.2 Å². The van der Waals surface area contributed by atoms with E-state index in [4.69, 9.17) is 32.7 Å². The second-order valence-corrected chi connectivity index (χ2v) is 9.45. The van der Waals surface area contributed by atoms with E-state index in [1.54, 1.807) is 39.3 Å². The Morgan fingerprint density at radius 3 is 2.43 bits per heavy atom. The highest BCUT2D eigenvalue weighted by atomic mass is 35.5. The summed E-state index contributed by atoms with van der Waals surface area (Å²) in [5.74, 6) is 1.57. The van der Waals surface area contributed by atoms with Crippen molar-refractivity contribution < 1.29 is 14.3 Å². The zero-order valence-electron chi connectivity index (χ0n) is 20.2. The molecular formula is C26H23Cl2N5O3S. The number of benzene rings is 3. The van der Waals surface area contributed by atoms with Crippen molar-refractivity contribution in [3.8, 4) is 28.6 Å². The number of carbonyl (C=O) groups excluding carboxylic acids is 1. The fraction of sp³-hybridized carbons (Fsp3) is 0.154.